The fraction of sp³-hybridized carbons (Fsp3) is 0.400. The zero-order valence-corrected chi connectivity index (χ0v) is 12.9. The predicted octanol–water partition coefficient (Wildman–Crippen LogP) is 1.77. The van der Waals surface area contributed by atoms with E-state index in [4.69, 9.17) is 15.4 Å². The lowest BCUT2D eigenvalue weighted by Gasteiger charge is -2.12. The highest BCUT2D eigenvalue weighted by Gasteiger charge is 2.20. The SMILES string of the molecule is COc1ccc(NS(=O)(=O)C(C)C)cc1S(=O)(=O)Cl. The summed E-state index contributed by atoms with van der Waals surface area (Å²) in [6.07, 6.45) is 0. The van der Waals surface area contributed by atoms with Crippen LogP contribution in [0.4, 0.5) is 5.69 Å². The third-order valence-electron chi connectivity index (χ3n) is 2.31. The average Bonchev–Trinajstić information content (AvgIpc) is 2.27. The Labute approximate surface area is 117 Å². The second-order valence-corrected chi connectivity index (χ2v) is 8.77. The Morgan fingerprint density at radius 3 is 2.21 bits per heavy atom. The molecule has 0 radical (unpaired) electrons. The van der Waals surface area contributed by atoms with Gasteiger partial charge < -0.3 is 4.74 Å². The molecule has 1 N–H and O–H groups in total. The summed E-state index contributed by atoms with van der Waals surface area (Å²) in [6, 6.07) is 3.83. The van der Waals surface area contributed by atoms with Gasteiger partial charge in [0.1, 0.15) is 10.6 Å². The van der Waals surface area contributed by atoms with Crippen LogP contribution in [-0.2, 0) is 19.1 Å². The van der Waals surface area contributed by atoms with E-state index in [2.05, 4.69) is 4.72 Å². The minimum absolute atomic E-state index is 0.0440. The highest BCUT2D eigenvalue weighted by Crippen LogP contribution is 2.30. The molecule has 1 rings (SSSR count). The number of anilines is 1. The molecule has 0 aliphatic heterocycles. The van der Waals surface area contributed by atoms with Crippen molar-refractivity contribution >= 4 is 35.4 Å². The Kier molecular flexibility index (Phi) is 4.70. The first-order valence-electron chi connectivity index (χ1n) is 5.22. The lowest BCUT2D eigenvalue weighted by atomic mass is 10.3. The lowest BCUT2D eigenvalue weighted by Crippen LogP contribution is -2.22. The number of nitrogens with one attached hydrogen (secondary N) is 1. The number of sulfonamides is 1. The molecule has 0 heterocycles. The van der Waals surface area contributed by atoms with Gasteiger partial charge >= 0.3 is 0 Å². The molecule has 0 saturated heterocycles. The largest absolute Gasteiger partial charge is 0.495 e. The normalized spacial score (nSPS) is 12.5. The third kappa shape index (κ3) is 3.99. The molecule has 1 aromatic carbocycles. The highest BCUT2D eigenvalue weighted by molar-refractivity contribution is 8.13. The van der Waals surface area contributed by atoms with Gasteiger partial charge in [-0.2, -0.15) is 0 Å². The van der Waals surface area contributed by atoms with E-state index >= 15 is 0 Å². The highest BCUT2D eigenvalue weighted by atomic mass is 35.7. The van der Waals surface area contributed by atoms with Crippen LogP contribution >= 0.6 is 10.7 Å². The van der Waals surface area contributed by atoms with Crippen molar-refractivity contribution in [2.75, 3.05) is 11.8 Å². The van der Waals surface area contributed by atoms with Crippen LogP contribution in [0.15, 0.2) is 23.1 Å². The van der Waals surface area contributed by atoms with Crippen molar-refractivity contribution in [3.8, 4) is 5.75 Å². The lowest BCUT2D eigenvalue weighted by molar-refractivity contribution is 0.403. The van der Waals surface area contributed by atoms with Gasteiger partial charge in [0.25, 0.3) is 9.05 Å². The van der Waals surface area contributed by atoms with Crippen molar-refractivity contribution in [2.45, 2.75) is 24.0 Å². The Hall–Kier alpha value is -0.990. The molecule has 9 heteroatoms. The van der Waals surface area contributed by atoms with E-state index < -0.39 is 24.3 Å². The van der Waals surface area contributed by atoms with Gasteiger partial charge in [0.2, 0.25) is 10.0 Å². The predicted molar refractivity (Wildman–Crippen MR) is 73.7 cm³/mol. The first-order chi connectivity index (χ1) is 8.58. The Bertz CT molecular complexity index is 667. The van der Waals surface area contributed by atoms with Crippen molar-refractivity contribution in [3.63, 3.8) is 0 Å². The molecule has 6 nitrogen and oxygen atoms in total. The first-order valence-corrected chi connectivity index (χ1v) is 9.08. The molecule has 0 unspecified atom stereocenters. The van der Waals surface area contributed by atoms with Gasteiger partial charge in [-0.1, -0.05) is 0 Å². The van der Waals surface area contributed by atoms with Crippen LogP contribution in [-0.4, -0.2) is 29.2 Å². The fourth-order valence-corrected chi connectivity index (χ4v) is 2.93. The van der Waals surface area contributed by atoms with Crippen LogP contribution in [0, 0.1) is 0 Å². The quantitative estimate of drug-likeness (QED) is 0.832. The molecule has 1 aromatic rings. The van der Waals surface area contributed by atoms with E-state index in [0.717, 1.165) is 6.07 Å². The van der Waals surface area contributed by atoms with Crippen molar-refractivity contribution in [3.05, 3.63) is 18.2 Å². The maximum absolute atomic E-state index is 11.7. The number of halogens is 1. The summed E-state index contributed by atoms with van der Waals surface area (Å²) in [5, 5.41) is -0.648. The van der Waals surface area contributed by atoms with E-state index in [1.165, 1.54) is 33.1 Å². The Balaban J connectivity index is 3.28. The van der Waals surface area contributed by atoms with E-state index in [-0.39, 0.29) is 16.3 Å². The molecule has 0 amide bonds. The minimum atomic E-state index is -4.03. The number of methoxy groups -OCH3 is 1. The monoisotopic (exact) mass is 327 g/mol. The first kappa shape index (κ1) is 16.1. The van der Waals surface area contributed by atoms with Crippen molar-refractivity contribution < 1.29 is 21.6 Å². The summed E-state index contributed by atoms with van der Waals surface area (Å²) >= 11 is 0. The molecule has 0 aliphatic carbocycles. The van der Waals surface area contributed by atoms with Crippen LogP contribution in [0.2, 0.25) is 0 Å². The molecule has 0 spiro atoms. The van der Waals surface area contributed by atoms with Crippen LogP contribution in [0.1, 0.15) is 13.8 Å². The molecular formula is C10H14ClNO5S2. The van der Waals surface area contributed by atoms with E-state index in [9.17, 15) is 16.8 Å². The van der Waals surface area contributed by atoms with Gasteiger partial charge in [-0.05, 0) is 32.0 Å². The smallest absolute Gasteiger partial charge is 0.265 e. The Morgan fingerprint density at radius 1 is 1.21 bits per heavy atom. The summed E-state index contributed by atoms with van der Waals surface area (Å²) in [5.74, 6) is 0.0440. The molecular weight excluding hydrogens is 314 g/mol. The number of ether oxygens (including phenoxy) is 1. The van der Waals surface area contributed by atoms with Gasteiger partial charge in [-0.25, -0.2) is 16.8 Å². The Morgan fingerprint density at radius 2 is 1.79 bits per heavy atom. The second kappa shape index (κ2) is 5.56. The van der Waals surface area contributed by atoms with Crippen LogP contribution in [0.25, 0.3) is 0 Å². The number of rotatable bonds is 5. The van der Waals surface area contributed by atoms with E-state index in [1.807, 2.05) is 0 Å². The van der Waals surface area contributed by atoms with Crippen LogP contribution < -0.4 is 9.46 Å². The zero-order valence-electron chi connectivity index (χ0n) is 10.5. The molecule has 19 heavy (non-hydrogen) atoms. The molecule has 0 fully saturated rings. The van der Waals surface area contributed by atoms with Crippen molar-refractivity contribution in [1.29, 1.82) is 0 Å². The minimum Gasteiger partial charge on any atom is -0.495 e. The molecule has 0 atom stereocenters. The number of hydrogen-bond acceptors (Lipinski definition) is 5. The molecule has 0 bridgehead atoms. The van der Waals surface area contributed by atoms with E-state index in [0.29, 0.717) is 0 Å². The summed E-state index contributed by atoms with van der Waals surface area (Å²) in [7, 11) is -1.04. The average molecular weight is 328 g/mol. The second-order valence-electron chi connectivity index (χ2n) is 4.00. The van der Waals surface area contributed by atoms with Gasteiger partial charge in [0.15, 0.2) is 0 Å². The third-order valence-corrected chi connectivity index (χ3v) is 5.41. The van der Waals surface area contributed by atoms with Gasteiger partial charge in [0, 0.05) is 10.7 Å². The molecule has 0 aromatic heterocycles. The summed E-state index contributed by atoms with van der Waals surface area (Å²) in [6.45, 7) is 3.01. The maximum atomic E-state index is 11.7. The summed E-state index contributed by atoms with van der Waals surface area (Å²) in [5.41, 5.74) is 0.105. The van der Waals surface area contributed by atoms with Crippen molar-refractivity contribution in [1.82, 2.24) is 0 Å². The number of hydrogen-bond donors (Lipinski definition) is 1. The molecule has 108 valence electrons. The maximum Gasteiger partial charge on any atom is 0.265 e. The fourth-order valence-electron chi connectivity index (χ4n) is 1.21. The zero-order chi connectivity index (χ0) is 14.8. The topological polar surface area (TPSA) is 89.5 Å². The summed E-state index contributed by atoms with van der Waals surface area (Å²) < 4.78 is 53.3. The summed E-state index contributed by atoms with van der Waals surface area (Å²) in [4.78, 5) is -0.291. The van der Waals surface area contributed by atoms with Gasteiger partial charge in [-0.15, -0.1) is 0 Å². The van der Waals surface area contributed by atoms with E-state index in [1.54, 1.807) is 0 Å². The van der Waals surface area contributed by atoms with Crippen LogP contribution in [0.5, 0.6) is 5.75 Å². The number of benzene rings is 1. The molecule has 0 saturated carbocycles. The van der Waals surface area contributed by atoms with Crippen LogP contribution in [0.3, 0.4) is 0 Å². The standard InChI is InChI=1S/C10H14ClNO5S2/c1-7(2)19(15,16)12-8-4-5-9(17-3)10(6-8)18(11,13)14/h4-7,12H,1-3H3. The van der Waals surface area contributed by atoms with Gasteiger partial charge in [-0.3, -0.25) is 4.72 Å². The van der Waals surface area contributed by atoms with Gasteiger partial charge in [0.05, 0.1) is 18.0 Å². The molecule has 0 aliphatic rings. The van der Waals surface area contributed by atoms with Crippen molar-refractivity contribution in [2.24, 2.45) is 0 Å².